The Kier molecular flexibility index (Phi) is 7.87. The number of aromatic hydroxyl groups is 1. The van der Waals surface area contributed by atoms with Crippen molar-refractivity contribution in [2.45, 2.75) is 18.7 Å². The fraction of sp³-hybridized carbons (Fsp3) is 0.400. The van der Waals surface area contributed by atoms with Gasteiger partial charge in [0.05, 0.1) is 6.61 Å². The van der Waals surface area contributed by atoms with Crippen molar-refractivity contribution in [3.8, 4) is 5.75 Å². The summed E-state index contributed by atoms with van der Waals surface area (Å²) in [4.78, 5) is 15.2. The van der Waals surface area contributed by atoms with E-state index in [1.165, 1.54) is 0 Å². The summed E-state index contributed by atoms with van der Waals surface area (Å²) in [6, 6.07) is 5.52. The molecule has 1 rings (SSSR count). The summed E-state index contributed by atoms with van der Waals surface area (Å²) in [7, 11) is -4.39. The van der Waals surface area contributed by atoms with Crippen LogP contribution in [0.1, 0.15) is 11.1 Å². The summed E-state index contributed by atoms with van der Waals surface area (Å²) < 4.78 is 13.8. The van der Waals surface area contributed by atoms with E-state index in [1.54, 1.807) is 6.07 Å². The lowest BCUT2D eigenvalue weighted by Crippen LogP contribution is -1.99. The fourth-order valence-corrected chi connectivity index (χ4v) is 1.53. The van der Waals surface area contributed by atoms with E-state index in [0.717, 1.165) is 11.1 Å². The van der Waals surface area contributed by atoms with Gasteiger partial charge in [0.2, 0.25) is 0 Å². The zero-order valence-corrected chi connectivity index (χ0v) is 12.3. The first-order chi connectivity index (χ1) is 8.13. The van der Waals surface area contributed by atoms with Gasteiger partial charge in [-0.15, -0.1) is 23.2 Å². The van der Waals surface area contributed by atoms with Crippen molar-refractivity contribution in [2.75, 3.05) is 6.61 Å². The predicted molar refractivity (Wildman–Crippen MR) is 71.1 cm³/mol. The summed E-state index contributed by atoms with van der Waals surface area (Å²) in [5.74, 6) is 0.384. The van der Waals surface area contributed by atoms with Crippen molar-refractivity contribution < 1.29 is 24.0 Å². The molecule has 0 saturated heterocycles. The second-order valence-electron chi connectivity index (χ2n) is 3.40. The van der Waals surface area contributed by atoms with E-state index in [2.05, 4.69) is 4.52 Å². The molecule has 8 heteroatoms. The summed E-state index contributed by atoms with van der Waals surface area (Å²) in [5.41, 5.74) is 2.10. The molecular formula is C10H15Cl2O5P. The number of phenolic OH excluding ortho intramolecular Hbond substituents is 1. The summed E-state index contributed by atoms with van der Waals surface area (Å²) in [6.07, 6.45) is 0. The maximum Gasteiger partial charge on any atom is 0.469 e. The minimum absolute atomic E-state index is 0.368. The zero-order valence-electron chi connectivity index (χ0n) is 9.88. The molecule has 1 aromatic carbocycles. The molecule has 5 nitrogen and oxygen atoms in total. The topological polar surface area (TPSA) is 87.0 Å². The van der Waals surface area contributed by atoms with E-state index in [1.807, 2.05) is 26.0 Å². The number of phenols is 1. The van der Waals surface area contributed by atoms with Gasteiger partial charge < -0.3 is 14.9 Å². The first-order valence-electron chi connectivity index (χ1n) is 4.87. The van der Waals surface area contributed by atoms with Crippen molar-refractivity contribution in [1.82, 2.24) is 0 Å². The number of halogens is 2. The van der Waals surface area contributed by atoms with Gasteiger partial charge in [0.25, 0.3) is 0 Å². The second kappa shape index (κ2) is 8.00. The molecule has 104 valence electrons. The van der Waals surface area contributed by atoms with Crippen LogP contribution in [0.3, 0.4) is 0 Å². The van der Waals surface area contributed by atoms with Crippen LogP contribution in [-0.2, 0) is 9.09 Å². The van der Waals surface area contributed by atoms with Gasteiger partial charge in [0, 0.05) is 0 Å². The summed E-state index contributed by atoms with van der Waals surface area (Å²) in [5, 5.41) is 9.10. The molecule has 1 aromatic rings. The van der Waals surface area contributed by atoms with Crippen molar-refractivity contribution >= 4 is 31.0 Å². The van der Waals surface area contributed by atoms with Crippen LogP contribution in [0.25, 0.3) is 0 Å². The molecule has 0 unspecified atom stereocenters. The first-order valence-corrected chi connectivity index (χ1v) is 7.27. The third-order valence-corrected chi connectivity index (χ3v) is 2.68. The number of hydrogen-bond acceptors (Lipinski definition) is 3. The number of phosphoric ester groups is 1. The number of aryl methyl sites for hydroxylation is 1. The van der Waals surface area contributed by atoms with Crippen LogP contribution in [0.4, 0.5) is 0 Å². The number of alkyl halides is 2. The highest BCUT2D eigenvalue weighted by Gasteiger charge is 2.14. The van der Waals surface area contributed by atoms with E-state index in [9.17, 15) is 4.57 Å². The largest absolute Gasteiger partial charge is 0.508 e. The third-order valence-electron chi connectivity index (χ3n) is 1.94. The normalized spacial score (nSPS) is 11.1. The quantitative estimate of drug-likeness (QED) is 0.589. The van der Waals surface area contributed by atoms with E-state index >= 15 is 0 Å². The Balaban J connectivity index is 0.000000321. The number of phosphoric acid groups is 1. The molecule has 0 radical (unpaired) electrons. The molecule has 0 spiro atoms. The molecule has 0 heterocycles. The van der Waals surface area contributed by atoms with Crippen LogP contribution in [0.15, 0.2) is 18.2 Å². The lowest BCUT2D eigenvalue weighted by atomic mass is 10.1. The highest BCUT2D eigenvalue weighted by Crippen LogP contribution is 2.36. The summed E-state index contributed by atoms with van der Waals surface area (Å²) in [6.45, 7) is 3.52. The molecule has 0 aromatic heterocycles. The summed E-state index contributed by atoms with van der Waals surface area (Å²) >= 11 is 10.2. The highest BCUT2D eigenvalue weighted by molar-refractivity contribution is 7.46. The zero-order chi connectivity index (χ0) is 14.3. The van der Waals surface area contributed by atoms with Crippen molar-refractivity contribution in [2.24, 2.45) is 0 Å². The molecule has 0 saturated carbocycles. The molecule has 3 N–H and O–H groups in total. The Morgan fingerprint density at radius 1 is 1.33 bits per heavy atom. The minimum atomic E-state index is -4.39. The monoisotopic (exact) mass is 316 g/mol. The number of hydrogen-bond donors (Lipinski definition) is 3. The van der Waals surface area contributed by atoms with Gasteiger partial charge in [-0.05, 0) is 31.0 Å². The SMILES string of the molecule is Cc1cccc(O)c1C.O=P(O)(O)OCC(Cl)Cl. The Bertz CT molecular complexity index is 398. The Hall–Kier alpha value is -0.290. The smallest absolute Gasteiger partial charge is 0.469 e. The van der Waals surface area contributed by atoms with E-state index in [-0.39, 0.29) is 6.61 Å². The van der Waals surface area contributed by atoms with Crippen LogP contribution >= 0.6 is 31.0 Å². The van der Waals surface area contributed by atoms with Gasteiger partial charge in [0.15, 0.2) is 0 Å². The molecule has 0 amide bonds. The Morgan fingerprint density at radius 2 is 1.89 bits per heavy atom. The van der Waals surface area contributed by atoms with Crippen molar-refractivity contribution in [3.05, 3.63) is 29.3 Å². The standard InChI is InChI=1S/C8H10O.C2H5Cl2O4P/c1-6-4-3-5-8(9)7(6)2;3-2(4)1-8-9(5,6)7/h3-5,9H,1-2H3;2H,1H2,(H2,5,6,7). The van der Waals surface area contributed by atoms with Gasteiger partial charge in [-0.3, -0.25) is 4.52 Å². The lowest BCUT2D eigenvalue weighted by molar-refractivity contribution is 0.204. The van der Waals surface area contributed by atoms with Gasteiger partial charge in [-0.1, -0.05) is 12.1 Å². The van der Waals surface area contributed by atoms with E-state index in [0.29, 0.717) is 5.75 Å². The first kappa shape index (κ1) is 17.7. The van der Waals surface area contributed by atoms with Crippen LogP contribution in [0.2, 0.25) is 0 Å². The third kappa shape index (κ3) is 8.75. The average molecular weight is 317 g/mol. The van der Waals surface area contributed by atoms with Crippen LogP contribution in [-0.4, -0.2) is 26.3 Å². The van der Waals surface area contributed by atoms with Crippen LogP contribution < -0.4 is 0 Å². The maximum atomic E-state index is 9.89. The lowest BCUT2D eigenvalue weighted by Gasteiger charge is -2.03. The molecule has 0 aliphatic rings. The van der Waals surface area contributed by atoms with Crippen LogP contribution in [0, 0.1) is 13.8 Å². The minimum Gasteiger partial charge on any atom is -0.508 e. The Morgan fingerprint density at radius 3 is 2.17 bits per heavy atom. The van der Waals surface area contributed by atoms with E-state index in [4.69, 9.17) is 38.1 Å². The molecular weight excluding hydrogens is 302 g/mol. The number of rotatable bonds is 3. The van der Waals surface area contributed by atoms with Crippen molar-refractivity contribution in [1.29, 1.82) is 0 Å². The predicted octanol–water partition coefficient (Wildman–Crippen LogP) is 2.91. The van der Waals surface area contributed by atoms with Gasteiger partial charge >= 0.3 is 7.82 Å². The average Bonchev–Trinajstić information content (AvgIpc) is 2.23. The molecule has 0 atom stereocenters. The van der Waals surface area contributed by atoms with Crippen LogP contribution in [0.5, 0.6) is 5.75 Å². The highest BCUT2D eigenvalue weighted by atomic mass is 35.5. The van der Waals surface area contributed by atoms with Gasteiger partial charge in [-0.2, -0.15) is 0 Å². The van der Waals surface area contributed by atoms with E-state index < -0.39 is 12.7 Å². The molecule has 0 bridgehead atoms. The Labute approximate surface area is 116 Å². The van der Waals surface area contributed by atoms with Gasteiger partial charge in [0.1, 0.15) is 10.6 Å². The number of benzene rings is 1. The molecule has 0 aliphatic carbocycles. The van der Waals surface area contributed by atoms with Gasteiger partial charge in [-0.25, -0.2) is 4.57 Å². The molecule has 0 aliphatic heterocycles. The fourth-order valence-electron chi connectivity index (χ4n) is 0.889. The second-order valence-corrected chi connectivity index (χ2v) is 5.91. The molecule has 18 heavy (non-hydrogen) atoms. The maximum absolute atomic E-state index is 9.89. The molecule has 0 fully saturated rings. The van der Waals surface area contributed by atoms with Crippen molar-refractivity contribution in [3.63, 3.8) is 0 Å².